The second-order valence-electron chi connectivity index (χ2n) is 11.7. The number of carbonyl (C=O) groups is 1. The maximum atomic E-state index is 13.5. The molecule has 0 bridgehead atoms. The fourth-order valence-electron chi connectivity index (χ4n) is 5.44. The van der Waals surface area contributed by atoms with Crippen LogP contribution in [0.15, 0.2) is 0 Å². The van der Waals surface area contributed by atoms with Gasteiger partial charge in [0.2, 0.25) is 0 Å². The molecule has 236 valence electrons. The average Bonchev–Trinajstić information content (AvgIpc) is 2.90. The normalized spacial score (nSPS) is 13.3. The molecule has 0 N–H and O–H groups in total. The molecule has 39 heavy (non-hydrogen) atoms. The van der Waals surface area contributed by atoms with E-state index in [1.807, 2.05) is 6.92 Å². The molecule has 0 atom stereocenters. The zero-order chi connectivity index (χ0) is 29.3. The monoisotopic (exact) mass is 596 g/mol. The van der Waals surface area contributed by atoms with Gasteiger partial charge in [-0.25, -0.2) is 0 Å². The van der Waals surface area contributed by atoms with Crippen molar-refractivity contribution in [3.63, 3.8) is 0 Å². The van der Waals surface area contributed by atoms with Gasteiger partial charge in [-0.15, -0.1) is 0 Å². The van der Waals surface area contributed by atoms with Crippen LogP contribution in [-0.4, -0.2) is 52.2 Å². The van der Waals surface area contributed by atoms with E-state index >= 15 is 0 Å². The Kier molecular flexibility index (Phi) is 23.2. The Balaban J connectivity index is 6.11. The Bertz CT molecular complexity index is 663. The SMILES string of the molecule is CCCCCCCCOS(=O)(=O)OP(CCCCCC)(CCCCCC)(CCCCCC)CC(=O)OCCC. The van der Waals surface area contributed by atoms with Gasteiger partial charge in [-0.2, -0.15) is 0 Å². The van der Waals surface area contributed by atoms with Gasteiger partial charge in [-0.1, -0.05) is 0 Å². The van der Waals surface area contributed by atoms with Gasteiger partial charge in [0.15, 0.2) is 0 Å². The minimum atomic E-state index is -4.24. The number of esters is 1. The first-order valence-electron chi connectivity index (χ1n) is 16.5. The number of carbonyl (C=O) groups excluding carboxylic acids is 1. The van der Waals surface area contributed by atoms with Crippen molar-refractivity contribution >= 4 is 23.2 Å². The van der Waals surface area contributed by atoms with Crippen LogP contribution in [0, 0.1) is 0 Å². The second-order valence-corrected chi connectivity index (χ2v) is 18.7. The van der Waals surface area contributed by atoms with Crippen molar-refractivity contribution in [2.24, 2.45) is 0 Å². The number of ether oxygens (including phenoxy) is 1. The fourth-order valence-corrected chi connectivity index (χ4v) is 14.1. The van der Waals surface area contributed by atoms with E-state index in [0.29, 0.717) is 31.5 Å². The van der Waals surface area contributed by atoms with E-state index in [-0.39, 0.29) is 18.7 Å². The number of rotatable bonds is 29. The molecular formula is C31H65O6PS. The van der Waals surface area contributed by atoms with Crippen LogP contribution in [0.2, 0.25) is 0 Å². The summed E-state index contributed by atoms with van der Waals surface area (Å²) in [5.41, 5.74) is 0. The van der Waals surface area contributed by atoms with Crippen molar-refractivity contribution in [3.05, 3.63) is 0 Å². The zero-order valence-electron chi connectivity index (χ0n) is 26.5. The molecule has 0 fully saturated rings. The first-order valence-corrected chi connectivity index (χ1v) is 20.7. The van der Waals surface area contributed by atoms with E-state index < -0.39 is 17.2 Å². The number of hydrogen-bond acceptors (Lipinski definition) is 6. The second kappa shape index (κ2) is 23.3. The summed E-state index contributed by atoms with van der Waals surface area (Å²) in [5.74, 6) is -0.304. The molecule has 0 aliphatic carbocycles. The van der Waals surface area contributed by atoms with Crippen molar-refractivity contribution in [1.82, 2.24) is 0 Å². The van der Waals surface area contributed by atoms with Crippen molar-refractivity contribution in [1.29, 1.82) is 0 Å². The van der Waals surface area contributed by atoms with Gasteiger partial charge in [0, 0.05) is 0 Å². The molecule has 0 spiro atoms. The van der Waals surface area contributed by atoms with Crippen LogP contribution < -0.4 is 0 Å². The van der Waals surface area contributed by atoms with Crippen LogP contribution in [0.1, 0.15) is 157 Å². The van der Waals surface area contributed by atoms with Gasteiger partial charge >= 0.3 is 244 Å². The Morgan fingerprint density at radius 2 is 0.949 bits per heavy atom. The first kappa shape index (κ1) is 38.8. The van der Waals surface area contributed by atoms with E-state index in [1.165, 1.54) is 19.3 Å². The van der Waals surface area contributed by atoms with Gasteiger partial charge in [0.1, 0.15) is 0 Å². The van der Waals surface area contributed by atoms with Gasteiger partial charge in [0.05, 0.1) is 0 Å². The van der Waals surface area contributed by atoms with E-state index in [1.54, 1.807) is 0 Å². The predicted molar refractivity (Wildman–Crippen MR) is 169 cm³/mol. The molecule has 0 unspecified atom stereocenters. The van der Waals surface area contributed by atoms with Crippen LogP contribution in [0.5, 0.6) is 0 Å². The van der Waals surface area contributed by atoms with Gasteiger partial charge in [-0.3, -0.25) is 0 Å². The summed E-state index contributed by atoms with van der Waals surface area (Å²) >= 11 is 0. The topological polar surface area (TPSA) is 78.9 Å². The quantitative estimate of drug-likeness (QED) is 0.0486. The van der Waals surface area contributed by atoms with E-state index in [4.69, 9.17) is 12.9 Å². The molecule has 0 saturated carbocycles. The number of unbranched alkanes of at least 4 members (excludes halogenated alkanes) is 14. The summed E-state index contributed by atoms with van der Waals surface area (Å²) in [6.45, 7) is 7.65. The fraction of sp³-hybridized carbons (Fsp3) is 0.968. The third kappa shape index (κ3) is 18.7. The average molecular weight is 597 g/mol. The molecular weight excluding hydrogens is 531 g/mol. The van der Waals surface area contributed by atoms with E-state index in [2.05, 4.69) is 27.7 Å². The van der Waals surface area contributed by atoms with Crippen molar-refractivity contribution in [2.45, 2.75) is 157 Å². The van der Waals surface area contributed by atoms with Crippen LogP contribution in [0.25, 0.3) is 0 Å². The Morgan fingerprint density at radius 1 is 0.538 bits per heavy atom. The molecule has 0 radical (unpaired) electrons. The Morgan fingerprint density at radius 3 is 1.38 bits per heavy atom. The van der Waals surface area contributed by atoms with Crippen LogP contribution in [0.3, 0.4) is 0 Å². The maximum absolute atomic E-state index is 13.5. The van der Waals surface area contributed by atoms with Gasteiger partial charge in [0.25, 0.3) is 0 Å². The molecule has 0 aromatic rings. The van der Waals surface area contributed by atoms with E-state index in [9.17, 15) is 13.2 Å². The van der Waals surface area contributed by atoms with Crippen molar-refractivity contribution < 1.29 is 26.1 Å². The van der Waals surface area contributed by atoms with Crippen LogP contribution >= 0.6 is 6.83 Å². The predicted octanol–water partition coefficient (Wildman–Crippen LogP) is 9.79. The molecule has 0 aliphatic heterocycles. The molecule has 8 heteroatoms. The number of hydrogen-bond donors (Lipinski definition) is 0. The third-order valence-corrected chi connectivity index (χ3v) is 16.0. The van der Waals surface area contributed by atoms with E-state index in [0.717, 1.165) is 96.3 Å². The van der Waals surface area contributed by atoms with Crippen LogP contribution in [0.4, 0.5) is 0 Å². The molecule has 0 heterocycles. The molecule has 0 aromatic heterocycles. The molecule has 0 rings (SSSR count). The zero-order valence-corrected chi connectivity index (χ0v) is 28.2. The summed E-state index contributed by atoms with van der Waals surface area (Å²) in [6.07, 6.45) is 21.4. The van der Waals surface area contributed by atoms with Gasteiger partial charge in [-0.05, 0) is 0 Å². The molecule has 0 aromatic carbocycles. The van der Waals surface area contributed by atoms with Crippen LogP contribution in [-0.2, 0) is 28.1 Å². The molecule has 0 saturated heterocycles. The molecule has 6 nitrogen and oxygen atoms in total. The summed E-state index contributed by atoms with van der Waals surface area (Å²) < 4.78 is 44.5. The van der Waals surface area contributed by atoms with Gasteiger partial charge < -0.3 is 0 Å². The molecule has 0 amide bonds. The Hall–Kier alpha value is -0.230. The third-order valence-electron chi connectivity index (χ3n) is 7.76. The minimum absolute atomic E-state index is 0.0928. The summed E-state index contributed by atoms with van der Waals surface area (Å²) in [5, 5.41) is 0. The standard InChI is InChI=1S/C31H65O6PS/c1-6-11-15-19-20-21-26-36-39(33,34)37-38(27-22-16-12-7-2,28-23-17-13-8-3,29-24-18-14-9-4)30-31(32)35-25-10-5/h6-30H2,1-5H3. The molecule has 0 aliphatic rings. The van der Waals surface area contributed by atoms with Crippen molar-refractivity contribution in [3.8, 4) is 0 Å². The van der Waals surface area contributed by atoms with Crippen molar-refractivity contribution in [2.75, 3.05) is 37.9 Å². The Labute approximate surface area is 243 Å². The summed E-state index contributed by atoms with van der Waals surface area (Å²) in [4.78, 5) is 13.3. The summed E-state index contributed by atoms with van der Waals surface area (Å²) in [7, 11) is -4.24. The summed E-state index contributed by atoms with van der Waals surface area (Å²) in [6, 6.07) is 0. The first-order chi connectivity index (χ1) is 18.7.